The van der Waals surface area contributed by atoms with Crippen molar-refractivity contribution < 1.29 is 29.1 Å². The van der Waals surface area contributed by atoms with Gasteiger partial charge in [0.2, 0.25) is 11.8 Å². The lowest BCUT2D eigenvalue weighted by atomic mass is 9.99. The van der Waals surface area contributed by atoms with Crippen molar-refractivity contribution in [1.82, 2.24) is 20.8 Å². The van der Waals surface area contributed by atoms with Crippen molar-refractivity contribution >= 4 is 17.9 Å². The van der Waals surface area contributed by atoms with Gasteiger partial charge in [-0.15, -0.1) is 0 Å². The van der Waals surface area contributed by atoms with E-state index in [1.165, 1.54) is 0 Å². The Hall–Kier alpha value is -2.73. The average molecular weight is 386 g/mol. The van der Waals surface area contributed by atoms with E-state index in [0.29, 0.717) is 6.42 Å². The summed E-state index contributed by atoms with van der Waals surface area (Å²) < 4.78 is 5.03. The largest absolute Gasteiger partial charge is 0.480 e. The Morgan fingerprint density at radius 3 is 2.48 bits per heavy atom. The van der Waals surface area contributed by atoms with E-state index in [1.807, 2.05) is 0 Å². The molecular weight excluding hydrogens is 360 g/mol. The van der Waals surface area contributed by atoms with Crippen LogP contribution in [-0.4, -0.2) is 50.9 Å². The number of hydrogen-bond donors (Lipinski definition) is 6. The highest BCUT2D eigenvalue weighted by Crippen LogP contribution is 2.18. The van der Waals surface area contributed by atoms with Crippen LogP contribution in [0.1, 0.15) is 56.9 Å². The third-order valence-corrected chi connectivity index (χ3v) is 4.00. The number of carboxylic acid groups (broad SMARTS) is 1. The quantitative estimate of drug-likeness (QED) is 0.280. The number of primary amides is 1. The van der Waals surface area contributed by atoms with Gasteiger partial charge in [0.05, 0.1) is 12.5 Å². The van der Waals surface area contributed by atoms with Gasteiger partial charge in [-0.1, -0.05) is 25.4 Å². The summed E-state index contributed by atoms with van der Waals surface area (Å²) in [4.78, 5) is 38.8. The van der Waals surface area contributed by atoms with Crippen molar-refractivity contribution in [2.75, 3.05) is 6.61 Å². The summed E-state index contributed by atoms with van der Waals surface area (Å²) in [5.74, 6) is -2.24. The van der Waals surface area contributed by atoms with E-state index in [1.54, 1.807) is 13.8 Å². The Kier molecular flexibility index (Phi) is 8.62. The summed E-state index contributed by atoms with van der Waals surface area (Å²) in [5.41, 5.74) is 11.0. The number of aliphatic carboxylic acids is 1. The zero-order chi connectivity index (χ0) is 20.6. The predicted molar refractivity (Wildman–Crippen MR) is 92.0 cm³/mol. The Bertz CT molecular complexity index is 650. The number of urea groups is 1. The molecule has 1 unspecified atom stereocenters. The highest BCUT2D eigenvalue weighted by Gasteiger charge is 2.29. The molecule has 1 heterocycles. The third kappa shape index (κ3) is 6.83. The van der Waals surface area contributed by atoms with Crippen molar-refractivity contribution in [2.45, 2.75) is 51.2 Å². The molecule has 3 amide bonds. The van der Waals surface area contributed by atoms with Crippen molar-refractivity contribution in [2.24, 2.45) is 17.4 Å². The second-order valence-electron chi connectivity index (χ2n) is 6.15. The van der Waals surface area contributed by atoms with Crippen LogP contribution in [0.4, 0.5) is 4.79 Å². The lowest BCUT2D eigenvalue weighted by Crippen LogP contribution is -2.50. The molecule has 0 aliphatic rings. The molecule has 0 aliphatic carbocycles. The van der Waals surface area contributed by atoms with Crippen molar-refractivity contribution in [1.29, 1.82) is 0 Å². The van der Waals surface area contributed by atoms with Crippen LogP contribution in [0.5, 0.6) is 0 Å². The van der Waals surface area contributed by atoms with E-state index in [0.717, 1.165) is 0 Å². The minimum Gasteiger partial charge on any atom is -0.480 e. The summed E-state index contributed by atoms with van der Waals surface area (Å²) >= 11 is 0. The molecule has 152 valence electrons. The topological polar surface area (TPSA) is 207 Å². The molecule has 0 aromatic carbocycles. The van der Waals surface area contributed by atoms with E-state index in [9.17, 15) is 19.5 Å². The SMILES string of the molecule is CCC(C)[C@H](NC(=O)N[C@@H](CC(N)=O)c1nc([C@@H](N)CCO)no1)C(=O)O. The van der Waals surface area contributed by atoms with E-state index in [2.05, 4.69) is 20.8 Å². The summed E-state index contributed by atoms with van der Waals surface area (Å²) in [7, 11) is 0. The third-order valence-electron chi connectivity index (χ3n) is 4.00. The molecule has 12 nitrogen and oxygen atoms in total. The smallest absolute Gasteiger partial charge is 0.326 e. The molecule has 0 saturated carbocycles. The van der Waals surface area contributed by atoms with Gasteiger partial charge in [-0.3, -0.25) is 4.79 Å². The van der Waals surface area contributed by atoms with E-state index < -0.39 is 36.0 Å². The standard InChI is InChI=1S/C15H26N6O6/c1-3-7(2)11(14(24)25)19-15(26)18-9(6-10(17)23)13-20-12(21-27-13)8(16)4-5-22/h7-9,11,22H,3-6,16H2,1-2H3,(H2,17,23)(H,24,25)(H2,18,19,26)/t7?,8-,9-,11-/m0/s1. The zero-order valence-electron chi connectivity index (χ0n) is 15.2. The van der Waals surface area contributed by atoms with Crippen LogP contribution >= 0.6 is 0 Å². The van der Waals surface area contributed by atoms with Gasteiger partial charge in [-0.2, -0.15) is 4.98 Å². The molecule has 0 aliphatic heterocycles. The fourth-order valence-electron chi connectivity index (χ4n) is 2.23. The number of aromatic nitrogens is 2. The highest BCUT2D eigenvalue weighted by molar-refractivity contribution is 5.83. The van der Waals surface area contributed by atoms with Gasteiger partial charge in [0, 0.05) is 6.61 Å². The van der Waals surface area contributed by atoms with Crippen LogP contribution in [0.3, 0.4) is 0 Å². The van der Waals surface area contributed by atoms with Crippen LogP contribution < -0.4 is 22.1 Å². The first-order chi connectivity index (χ1) is 12.7. The summed E-state index contributed by atoms with van der Waals surface area (Å²) in [6.07, 6.45) is 0.395. The van der Waals surface area contributed by atoms with Gasteiger partial charge in [0.25, 0.3) is 0 Å². The number of carbonyl (C=O) groups is 3. The second-order valence-corrected chi connectivity index (χ2v) is 6.15. The number of nitrogens with two attached hydrogens (primary N) is 2. The van der Waals surface area contributed by atoms with Gasteiger partial charge in [0.1, 0.15) is 12.1 Å². The molecule has 8 N–H and O–H groups in total. The first kappa shape index (κ1) is 22.3. The maximum Gasteiger partial charge on any atom is 0.326 e. The monoisotopic (exact) mass is 386 g/mol. The molecule has 0 radical (unpaired) electrons. The maximum absolute atomic E-state index is 12.2. The minimum absolute atomic E-state index is 0.0961. The van der Waals surface area contributed by atoms with E-state index >= 15 is 0 Å². The van der Waals surface area contributed by atoms with Gasteiger partial charge < -0.3 is 36.8 Å². The summed E-state index contributed by atoms with van der Waals surface area (Å²) in [6.45, 7) is 3.31. The number of hydrogen-bond acceptors (Lipinski definition) is 8. The van der Waals surface area contributed by atoms with E-state index in [4.69, 9.17) is 21.1 Å². The summed E-state index contributed by atoms with van der Waals surface area (Å²) in [6, 6.07) is -3.68. The first-order valence-corrected chi connectivity index (χ1v) is 8.47. The predicted octanol–water partition coefficient (Wildman–Crippen LogP) is -0.833. The lowest BCUT2D eigenvalue weighted by molar-refractivity contribution is -0.140. The molecule has 27 heavy (non-hydrogen) atoms. The Morgan fingerprint density at radius 2 is 1.96 bits per heavy atom. The van der Waals surface area contributed by atoms with E-state index in [-0.39, 0.29) is 37.1 Å². The molecule has 0 bridgehead atoms. The van der Waals surface area contributed by atoms with Crippen LogP contribution in [0, 0.1) is 5.92 Å². The fraction of sp³-hybridized carbons (Fsp3) is 0.667. The zero-order valence-corrected chi connectivity index (χ0v) is 15.2. The Balaban J connectivity index is 2.90. The number of nitrogens with one attached hydrogen (secondary N) is 2. The molecule has 12 heteroatoms. The molecule has 4 atom stereocenters. The molecular formula is C15H26N6O6. The van der Waals surface area contributed by atoms with Crippen LogP contribution in [0.2, 0.25) is 0 Å². The molecule has 1 rings (SSSR count). The number of rotatable bonds is 11. The Labute approximate surface area is 155 Å². The Morgan fingerprint density at radius 1 is 1.30 bits per heavy atom. The van der Waals surface area contributed by atoms with Crippen molar-refractivity contribution in [3.63, 3.8) is 0 Å². The highest BCUT2D eigenvalue weighted by atomic mass is 16.5. The molecule has 1 aromatic rings. The number of nitrogens with zero attached hydrogens (tertiary/aromatic N) is 2. The van der Waals surface area contributed by atoms with Crippen LogP contribution in [0.25, 0.3) is 0 Å². The van der Waals surface area contributed by atoms with Gasteiger partial charge in [-0.25, -0.2) is 9.59 Å². The molecule has 0 fully saturated rings. The molecule has 1 aromatic heterocycles. The van der Waals surface area contributed by atoms with Gasteiger partial charge >= 0.3 is 12.0 Å². The average Bonchev–Trinajstić information content (AvgIpc) is 3.08. The van der Waals surface area contributed by atoms with Gasteiger partial charge in [0.15, 0.2) is 5.82 Å². The normalized spacial score (nSPS) is 15.4. The van der Waals surface area contributed by atoms with Gasteiger partial charge in [-0.05, 0) is 12.3 Å². The van der Waals surface area contributed by atoms with Crippen LogP contribution in [0.15, 0.2) is 4.52 Å². The van der Waals surface area contributed by atoms with Crippen LogP contribution in [-0.2, 0) is 9.59 Å². The number of carbonyl (C=O) groups excluding carboxylic acids is 2. The summed E-state index contributed by atoms with van der Waals surface area (Å²) in [5, 5.41) is 26.6. The van der Waals surface area contributed by atoms with Crippen molar-refractivity contribution in [3.8, 4) is 0 Å². The fourth-order valence-corrected chi connectivity index (χ4v) is 2.23. The number of aliphatic hydroxyl groups excluding tert-OH is 1. The minimum atomic E-state index is -1.18. The number of aliphatic hydroxyl groups is 1. The second kappa shape index (κ2) is 10.4. The number of carboxylic acids is 1. The number of amides is 3. The lowest BCUT2D eigenvalue weighted by Gasteiger charge is -2.22. The van der Waals surface area contributed by atoms with Crippen molar-refractivity contribution in [3.05, 3.63) is 11.7 Å². The maximum atomic E-state index is 12.2. The molecule has 0 saturated heterocycles. The first-order valence-electron chi connectivity index (χ1n) is 8.47. The molecule has 0 spiro atoms.